The number of carbonyl (C=O) groups is 4. The lowest BCUT2D eigenvalue weighted by atomic mass is 9.92. The average molecular weight is 955 g/mol. The lowest BCUT2D eigenvalue weighted by Gasteiger charge is -2.26. The lowest BCUT2D eigenvalue weighted by Crippen LogP contribution is -2.56. The molecule has 0 fully saturated rings. The van der Waals surface area contributed by atoms with Crippen LogP contribution in [0.3, 0.4) is 0 Å². The SMILES string of the molecule is CC(C)CCOC(=O)[C@H](CC(C)C)NC(=O)[C@@H](CCCN=C(N)N)NC(=O)[C@H](CCCCN)NC(=O)COc1ccc2ccccc2c1-c1c(OCCC(C)C)ccc2ccccc12.Cl.Cl. The van der Waals surface area contributed by atoms with Gasteiger partial charge in [-0.1, -0.05) is 102 Å². The molecule has 0 saturated heterocycles. The van der Waals surface area contributed by atoms with Crippen LogP contribution in [0, 0.1) is 17.8 Å². The van der Waals surface area contributed by atoms with Gasteiger partial charge in [0.15, 0.2) is 12.6 Å². The maximum atomic E-state index is 14.1. The minimum atomic E-state index is -1.08. The predicted molar refractivity (Wildman–Crippen MR) is 270 cm³/mol. The molecule has 0 aliphatic rings. The van der Waals surface area contributed by atoms with Crippen molar-refractivity contribution in [2.45, 2.75) is 111 Å². The molecule has 66 heavy (non-hydrogen) atoms. The molecule has 4 aromatic rings. The van der Waals surface area contributed by atoms with E-state index >= 15 is 0 Å². The van der Waals surface area contributed by atoms with E-state index in [4.69, 9.17) is 31.4 Å². The van der Waals surface area contributed by atoms with E-state index in [0.717, 1.165) is 39.1 Å². The summed E-state index contributed by atoms with van der Waals surface area (Å²) in [6, 6.07) is 20.9. The lowest BCUT2D eigenvalue weighted by molar-refractivity contribution is -0.149. The largest absolute Gasteiger partial charge is 0.493 e. The molecule has 3 amide bonds. The molecule has 0 spiro atoms. The molecule has 0 saturated carbocycles. The first-order valence-electron chi connectivity index (χ1n) is 22.8. The van der Waals surface area contributed by atoms with E-state index in [1.165, 1.54) is 0 Å². The van der Waals surface area contributed by atoms with Gasteiger partial charge in [-0.2, -0.15) is 0 Å². The zero-order chi connectivity index (χ0) is 46.6. The Labute approximate surface area is 403 Å². The van der Waals surface area contributed by atoms with Crippen LogP contribution < -0.4 is 42.6 Å². The molecular formula is C50H73Cl2N7O7. The molecule has 4 rings (SSSR count). The maximum Gasteiger partial charge on any atom is 0.328 e. The summed E-state index contributed by atoms with van der Waals surface area (Å²) in [5, 5.41) is 12.5. The minimum Gasteiger partial charge on any atom is -0.493 e. The maximum absolute atomic E-state index is 14.1. The zero-order valence-corrected chi connectivity index (χ0v) is 41.1. The number of guanidine groups is 1. The molecule has 364 valence electrons. The molecule has 0 unspecified atom stereocenters. The number of ether oxygens (including phenoxy) is 3. The van der Waals surface area contributed by atoms with E-state index in [2.05, 4.69) is 46.9 Å². The first kappa shape index (κ1) is 56.8. The Morgan fingerprint density at radius 2 is 1.11 bits per heavy atom. The van der Waals surface area contributed by atoms with E-state index in [1.54, 1.807) is 0 Å². The third-order valence-electron chi connectivity index (χ3n) is 10.8. The molecule has 0 aliphatic carbocycles. The predicted octanol–water partition coefficient (Wildman–Crippen LogP) is 7.58. The third kappa shape index (κ3) is 18.2. The number of nitrogens with zero attached hydrogens (tertiary/aromatic N) is 1. The molecular weight excluding hydrogens is 881 g/mol. The Kier molecular flexibility index (Phi) is 25.3. The molecule has 0 aliphatic heterocycles. The van der Waals surface area contributed by atoms with Crippen LogP contribution in [0.1, 0.15) is 92.9 Å². The van der Waals surface area contributed by atoms with Crippen molar-refractivity contribution in [2.24, 2.45) is 39.9 Å². The van der Waals surface area contributed by atoms with E-state index in [0.29, 0.717) is 68.6 Å². The van der Waals surface area contributed by atoms with Gasteiger partial charge in [-0.25, -0.2) is 4.79 Å². The number of hydrogen-bond donors (Lipinski definition) is 6. The van der Waals surface area contributed by atoms with Crippen molar-refractivity contribution in [3.8, 4) is 22.6 Å². The van der Waals surface area contributed by atoms with E-state index < -0.39 is 48.4 Å². The number of unbranched alkanes of at least 4 members (excludes halogenated alkanes) is 1. The van der Waals surface area contributed by atoms with Crippen LogP contribution in [0.15, 0.2) is 77.8 Å². The van der Waals surface area contributed by atoms with Crippen LogP contribution in [-0.2, 0) is 23.9 Å². The Hall–Kier alpha value is -5.31. The smallest absolute Gasteiger partial charge is 0.328 e. The summed E-state index contributed by atoms with van der Waals surface area (Å²) in [6.07, 6.45) is 3.79. The number of carbonyl (C=O) groups excluding carboxylic acids is 4. The van der Waals surface area contributed by atoms with Crippen molar-refractivity contribution >= 4 is 76.0 Å². The number of benzene rings is 4. The molecule has 0 radical (unpaired) electrons. The van der Waals surface area contributed by atoms with Crippen LogP contribution in [0.5, 0.6) is 11.5 Å². The highest BCUT2D eigenvalue weighted by Crippen LogP contribution is 2.45. The van der Waals surface area contributed by atoms with Crippen LogP contribution in [-0.4, -0.2) is 80.7 Å². The van der Waals surface area contributed by atoms with Crippen LogP contribution in [0.25, 0.3) is 32.7 Å². The highest BCUT2D eigenvalue weighted by molar-refractivity contribution is 6.10. The van der Waals surface area contributed by atoms with Gasteiger partial charge < -0.3 is 47.4 Å². The number of rotatable bonds is 27. The fourth-order valence-corrected chi connectivity index (χ4v) is 7.30. The van der Waals surface area contributed by atoms with Gasteiger partial charge in [-0.3, -0.25) is 19.4 Å². The van der Waals surface area contributed by atoms with Gasteiger partial charge >= 0.3 is 5.97 Å². The molecule has 3 atom stereocenters. The number of halogens is 2. The summed E-state index contributed by atoms with van der Waals surface area (Å²) in [5.74, 6) is -0.281. The zero-order valence-electron chi connectivity index (χ0n) is 39.4. The van der Waals surface area contributed by atoms with Crippen molar-refractivity contribution in [3.63, 3.8) is 0 Å². The molecule has 0 heterocycles. The van der Waals surface area contributed by atoms with Gasteiger partial charge in [0, 0.05) is 17.7 Å². The first-order chi connectivity index (χ1) is 30.7. The third-order valence-corrected chi connectivity index (χ3v) is 10.8. The van der Waals surface area contributed by atoms with Crippen molar-refractivity contribution in [1.82, 2.24) is 16.0 Å². The summed E-state index contributed by atoms with van der Waals surface area (Å²) < 4.78 is 18.4. The molecule has 0 bridgehead atoms. The van der Waals surface area contributed by atoms with Crippen molar-refractivity contribution in [3.05, 3.63) is 72.8 Å². The van der Waals surface area contributed by atoms with Crippen molar-refractivity contribution < 1.29 is 33.4 Å². The second-order valence-electron chi connectivity index (χ2n) is 17.6. The number of hydrogen-bond acceptors (Lipinski definition) is 9. The topological polar surface area (TPSA) is 222 Å². The second kappa shape index (κ2) is 29.4. The molecule has 16 heteroatoms. The van der Waals surface area contributed by atoms with Crippen molar-refractivity contribution in [1.29, 1.82) is 0 Å². The molecule has 14 nitrogen and oxygen atoms in total. The number of amides is 3. The number of nitrogens with one attached hydrogen (secondary N) is 3. The number of nitrogens with two attached hydrogens (primary N) is 3. The number of aliphatic imine (C=N–C) groups is 1. The summed E-state index contributed by atoms with van der Waals surface area (Å²) in [7, 11) is 0. The summed E-state index contributed by atoms with van der Waals surface area (Å²) in [5.41, 5.74) is 18.5. The fourth-order valence-electron chi connectivity index (χ4n) is 7.30. The van der Waals surface area contributed by atoms with Gasteiger partial charge in [0.2, 0.25) is 11.8 Å². The van der Waals surface area contributed by atoms with Crippen molar-refractivity contribution in [2.75, 3.05) is 32.9 Å². The van der Waals surface area contributed by atoms with Crippen LogP contribution in [0.4, 0.5) is 0 Å². The van der Waals surface area contributed by atoms with E-state index in [-0.39, 0.29) is 62.7 Å². The highest BCUT2D eigenvalue weighted by atomic mass is 35.5. The Morgan fingerprint density at radius 1 is 0.591 bits per heavy atom. The highest BCUT2D eigenvalue weighted by Gasteiger charge is 2.31. The number of esters is 1. The summed E-state index contributed by atoms with van der Waals surface area (Å²) in [6.45, 7) is 13.2. The Balaban J connectivity index is 0.00000748. The first-order valence-corrected chi connectivity index (χ1v) is 22.8. The van der Waals surface area contributed by atoms with Crippen LogP contribution in [0.2, 0.25) is 0 Å². The van der Waals surface area contributed by atoms with Crippen LogP contribution >= 0.6 is 24.8 Å². The molecule has 4 aromatic carbocycles. The van der Waals surface area contributed by atoms with Gasteiger partial charge in [0.25, 0.3) is 5.91 Å². The fraction of sp³-hybridized carbons (Fsp3) is 0.500. The molecule has 0 aromatic heterocycles. The molecule has 9 N–H and O–H groups in total. The standard InChI is InChI=1S/C50H71N7O7.2ClH/c1-32(2)24-28-62-42-22-20-35-14-7-9-16-37(35)45(42)46-38-17-10-8-15-36(38)21-23-43(46)64-31-44(58)55-39(18-11-12-26-51)47(59)56-40(19-13-27-54-50(52)53)48(60)57-41(30-34(5)6)49(61)63-29-25-33(3)4;;/h7-10,14-17,20-23,32-34,39-41H,11-13,18-19,24-31,51H2,1-6H3,(H,55,58)(H,56,59)(H,57,60)(H4,52,53,54);2*1H/t39-,40+,41-;;/m0../s1. The average Bonchev–Trinajstić information content (AvgIpc) is 3.25. The minimum absolute atomic E-state index is 0. The van der Waals surface area contributed by atoms with E-state index in [1.807, 2.05) is 88.4 Å². The Morgan fingerprint density at radius 3 is 1.65 bits per heavy atom. The van der Waals surface area contributed by atoms with Gasteiger partial charge in [0.05, 0.1) is 13.2 Å². The quantitative estimate of drug-likeness (QED) is 0.0149. The number of fused-ring (bicyclic) bond motifs is 2. The van der Waals surface area contributed by atoms with Gasteiger partial charge in [0.1, 0.15) is 29.6 Å². The second-order valence-corrected chi connectivity index (χ2v) is 17.6. The normalized spacial score (nSPS) is 12.4. The van der Waals surface area contributed by atoms with E-state index in [9.17, 15) is 19.2 Å². The Bertz CT molecular complexity index is 2180. The van der Waals surface area contributed by atoms with Gasteiger partial charge in [-0.15, -0.1) is 24.8 Å². The van der Waals surface area contributed by atoms with Gasteiger partial charge in [-0.05, 0) is 109 Å². The summed E-state index contributed by atoms with van der Waals surface area (Å²) in [4.78, 5) is 59.1. The summed E-state index contributed by atoms with van der Waals surface area (Å²) >= 11 is 0. The monoisotopic (exact) mass is 953 g/mol.